The van der Waals surface area contributed by atoms with Gasteiger partial charge in [-0.25, -0.2) is 17.6 Å². The topological polar surface area (TPSA) is 9.23 Å². The fourth-order valence-electron chi connectivity index (χ4n) is 6.52. The molecule has 2 fully saturated rings. The van der Waals surface area contributed by atoms with E-state index in [1.54, 1.807) is 0 Å². The highest BCUT2D eigenvalue weighted by Crippen LogP contribution is 2.46. The monoisotopic (exact) mass is 544 g/mol. The molecule has 0 aromatic heterocycles. The van der Waals surface area contributed by atoms with Crippen LogP contribution >= 0.6 is 0 Å². The van der Waals surface area contributed by atoms with Crippen molar-refractivity contribution in [3.8, 4) is 11.5 Å². The van der Waals surface area contributed by atoms with Crippen LogP contribution in [0.5, 0.6) is 11.5 Å². The van der Waals surface area contributed by atoms with E-state index in [1.807, 2.05) is 0 Å². The quantitative estimate of drug-likeness (QED) is 0.237. The summed E-state index contributed by atoms with van der Waals surface area (Å²) in [6.45, 7) is 2.22. The number of benzene rings is 2. The van der Waals surface area contributed by atoms with Gasteiger partial charge in [0.05, 0.1) is 0 Å². The minimum Gasteiger partial charge on any atom is -0.454 e. The van der Waals surface area contributed by atoms with E-state index in [1.165, 1.54) is 51.4 Å². The molecule has 2 saturated carbocycles. The molecule has 2 aromatic rings. The first-order chi connectivity index (χ1) is 18.1. The molecule has 0 unspecified atom stereocenters. The molecule has 0 spiro atoms. The molecule has 0 amide bonds. The zero-order valence-electron chi connectivity index (χ0n) is 21.7. The molecule has 0 N–H and O–H groups in total. The van der Waals surface area contributed by atoms with E-state index < -0.39 is 46.5 Å². The van der Waals surface area contributed by atoms with Crippen LogP contribution in [0.3, 0.4) is 0 Å². The Labute approximate surface area is 219 Å². The molecule has 4 rings (SSSR count). The van der Waals surface area contributed by atoms with Crippen LogP contribution in [0.25, 0.3) is 0 Å². The maximum Gasteiger partial charge on any atom is 0.422 e. The van der Waals surface area contributed by atoms with Crippen LogP contribution in [0.15, 0.2) is 24.3 Å². The van der Waals surface area contributed by atoms with Gasteiger partial charge in [-0.3, -0.25) is 0 Å². The predicted octanol–water partition coefficient (Wildman–Crippen LogP) is 10.7. The Balaban J connectivity index is 1.39. The van der Waals surface area contributed by atoms with Crippen molar-refractivity contribution in [2.75, 3.05) is 0 Å². The van der Waals surface area contributed by atoms with Crippen molar-refractivity contribution < 1.29 is 35.5 Å². The lowest BCUT2D eigenvalue weighted by molar-refractivity contribution is -0.142. The summed E-state index contributed by atoms with van der Waals surface area (Å²) in [5.41, 5.74) is -2.18. The van der Waals surface area contributed by atoms with Crippen LogP contribution in [0.1, 0.15) is 101 Å². The summed E-state index contributed by atoms with van der Waals surface area (Å²) in [5, 5.41) is 0. The molecule has 38 heavy (non-hydrogen) atoms. The Morgan fingerprint density at radius 1 is 0.763 bits per heavy atom. The molecule has 0 aliphatic heterocycles. The van der Waals surface area contributed by atoms with Crippen LogP contribution < -0.4 is 4.74 Å². The zero-order valence-corrected chi connectivity index (χ0v) is 21.7. The number of rotatable bonds is 8. The largest absolute Gasteiger partial charge is 0.454 e. The van der Waals surface area contributed by atoms with Gasteiger partial charge in [0.2, 0.25) is 0 Å². The summed E-state index contributed by atoms with van der Waals surface area (Å²) >= 11 is 0. The van der Waals surface area contributed by atoms with Gasteiger partial charge in [-0.1, -0.05) is 45.4 Å². The SMILES string of the molecule is CCCCCC1CCC(C2CCC(c3c(F)ccc(Oc4cc(F)c(C(F)(F)F)c(F)c4)c3F)CC2)CC1. The Bertz CT molecular complexity index is 1060. The Kier molecular flexibility index (Phi) is 9.30. The number of hydrogen-bond donors (Lipinski definition) is 0. The molecular weight excluding hydrogens is 509 g/mol. The lowest BCUT2D eigenvalue weighted by atomic mass is 9.68. The van der Waals surface area contributed by atoms with Crippen LogP contribution in [0.4, 0.5) is 30.7 Å². The van der Waals surface area contributed by atoms with E-state index in [4.69, 9.17) is 4.74 Å². The Morgan fingerprint density at radius 2 is 1.34 bits per heavy atom. The van der Waals surface area contributed by atoms with Crippen molar-refractivity contribution in [1.82, 2.24) is 0 Å². The summed E-state index contributed by atoms with van der Waals surface area (Å²) < 4.78 is 102. The third-order valence-electron chi connectivity index (χ3n) is 8.57. The second kappa shape index (κ2) is 12.3. The zero-order chi connectivity index (χ0) is 27.4. The fraction of sp³-hybridized carbons (Fsp3) is 0.600. The predicted molar refractivity (Wildman–Crippen MR) is 132 cm³/mol. The number of ether oxygens (including phenoxy) is 1. The first kappa shape index (κ1) is 28.8. The molecule has 8 heteroatoms. The molecule has 0 radical (unpaired) electrons. The lowest BCUT2D eigenvalue weighted by Gasteiger charge is -2.38. The second-order valence-corrected chi connectivity index (χ2v) is 11.0. The first-order valence-corrected chi connectivity index (χ1v) is 13.8. The first-order valence-electron chi connectivity index (χ1n) is 13.8. The maximum atomic E-state index is 15.4. The smallest absolute Gasteiger partial charge is 0.422 e. The van der Waals surface area contributed by atoms with Gasteiger partial charge in [0.25, 0.3) is 0 Å². The molecule has 2 aliphatic rings. The van der Waals surface area contributed by atoms with E-state index in [9.17, 15) is 26.3 Å². The van der Waals surface area contributed by atoms with E-state index in [-0.39, 0.29) is 11.5 Å². The van der Waals surface area contributed by atoms with Gasteiger partial charge in [-0.05, 0) is 74.3 Å². The fourth-order valence-corrected chi connectivity index (χ4v) is 6.52. The molecule has 0 atom stereocenters. The van der Waals surface area contributed by atoms with Crippen LogP contribution in [-0.4, -0.2) is 0 Å². The highest BCUT2D eigenvalue weighted by atomic mass is 19.4. The summed E-state index contributed by atoms with van der Waals surface area (Å²) in [4.78, 5) is 0. The minimum absolute atomic E-state index is 0.131. The van der Waals surface area contributed by atoms with Crippen molar-refractivity contribution in [3.63, 3.8) is 0 Å². The van der Waals surface area contributed by atoms with Gasteiger partial charge < -0.3 is 4.74 Å². The van der Waals surface area contributed by atoms with Gasteiger partial charge in [-0.15, -0.1) is 0 Å². The molecule has 2 aromatic carbocycles. The highest BCUT2D eigenvalue weighted by Gasteiger charge is 2.38. The molecule has 0 bridgehead atoms. The van der Waals surface area contributed by atoms with Crippen LogP contribution in [0, 0.1) is 41.0 Å². The van der Waals surface area contributed by atoms with Crippen LogP contribution in [-0.2, 0) is 6.18 Å². The lowest BCUT2D eigenvalue weighted by Crippen LogP contribution is -2.26. The Morgan fingerprint density at radius 3 is 1.89 bits per heavy atom. The van der Waals surface area contributed by atoms with Gasteiger partial charge in [0.15, 0.2) is 11.6 Å². The molecule has 1 nitrogen and oxygen atoms in total. The molecular formula is C30H35F7O. The van der Waals surface area contributed by atoms with Gasteiger partial charge >= 0.3 is 6.18 Å². The molecule has 0 saturated heterocycles. The van der Waals surface area contributed by atoms with Gasteiger partial charge in [-0.2, -0.15) is 13.2 Å². The number of alkyl halides is 3. The van der Waals surface area contributed by atoms with E-state index in [0.717, 1.165) is 30.9 Å². The third kappa shape index (κ3) is 6.66. The van der Waals surface area contributed by atoms with Crippen molar-refractivity contribution in [2.24, 2.45) is 17.8 Å². The van der Waals surface area contributed by atoms with Gasteiger partial charge in [0.1, 0.15) is 28.8 Å². The van der Waals surface area contributed by atoms with Crippen molar-refractivity contribution >= 4 is 0 Å². The number of hydrogen-bond acceptors (Lipinski definition) is 1. The van der Waals surface area contributed by atoms with Crippen molar-refractivity contribution in [2.45, 2.75) is 96.1 Å². The van der Waals surface area contributed by atoms with Gasteiger partial charge in [0, 0.05) is 17.7 Å². The van der Waals surface area contributed by atoms with Crippen molar-refractivity contribution in [1.29, 1.82) is 0 Å². The molecule has 0 heterocycles. The normalized spacial score (nSPS) is 24.4. The summed E-state index contributed by atoms with van der Waals surface area (Å²) in [6, 6.07) is 2.69. The standard InChI is InChI=1S/C30H35F7O/c1-2-3-4-5-18-6-8-19(9-7-18)20-10-12-21(13-11-20)27-23(31)14-15-26(29(27)34)38-22-16-24(32)28(25(33)17-22)30(35,36)37/h14-21H,2-13H2,1H3. The minimum atomic E-state index is -5.23. The van der Waals surface area contributed by atoms with Crippen molar-refractivity contribution in [3.05, 3.63) is 58.7 Å². The Hall–Kier alpha value is -2.25. The van der Waals surface area contributed by atoms with Crippen LogP contribution in [0.2, 0.25) is 0 Å². The summed E-state index contributed by atoms with van der Waals surface area (Å²) in [5.74, 6) is -4.90. The van der Waals surface area contributed by atoms with E-state index in [0.29, 0.717) is 36.8 Å². The average Bonchev–Trinajstić information content (AvgIpc) is 2.86. The number of unbranched alkanes of at least 4 members (excludes halogenated alkanes) is 2. The molecule has 210 valence electrons. The summed E-state index contributed by atoms with van der Waals surface area (Å²) in [7, 11) is 0. The summed E-state index contributed by atoms with van der Waals surface area (Å²) in [6.07, 6.45) is 7.92. The second-order valence-electron chi connectivity index (χ2n) is 11.0. The third-order valence-corrected chi connectivity index (χ3v) is 8.57. The maximum absolute atomic E-state index is 15.4. The molecule has 2 aliphatic carbocycles. The number of halogens is 7. The van der Waals surface area contributed by atoms with E-state index in [2.05, 4.69) is 6.92 Å². The average molecular weight is 545 g/mol. The van der Waals surface area contributed by atoms with E-state index >= 15 is 4.39 Å². The highest BCUT2D eigenvalue weighted by molar-refractivity contribution is 5.40.